The van der Waals surface area contributed by atoms with E-state index < -0.39 is 5.97 Å². The van der Waals surface area contributed by atoms with Gasteiger partial charge in [-0.15, -0.1) is 0 Å². The van der Waals surface area contributed by atoms with Crippen molar-refractivity contribution in [2.24, 2.45) is 5.92 Å². The maximum Gasteiger partial charge on any atom is 0.309 e. The number of nitrogens with zero attached hydrogens (tertiary/aromatic N) is 1. The van der Waals surface area contributed by atoms with Crippen molar-refractivity contribution in [2.75, 3.05) is 13.1 Å². The zero-order valence-corrected chi connectivity index (χ0v) is 8.76. The van der Waals surface area contributed by atoms with Crippen LogP contribution in [0.1, 0.15) is 25.7 Å². The predicted octanol–water partition coefficient (Wildman–Crippen LogP) is 0.713. The maximum atomic E-state index is 10.7. The van der Waals surface area contributed by atoms with Gasteiger partial charge in [0.05, 0.1) is 18.1 Å². The highest BCUT2D eigenvalue weighted by atomic mass is 16.5. The molecule has 0 aliphatic carbocycles. The second-order valence-electron chi connectivity index (χ2n) is 5.01. The minimum Gasteiger partial charge on any atom is -0.481 e. The summed E-state index contributed by atoms with van der Waals surface area (Å²) in [6, 6.07) is 0.499. The Hall–Kier alpha value is -0.610. The molecule has 0 aromatic rings. The molecule has 0 spiro atoms. The molecular weight excluding hydrogens is 194 g/mol. The number of carbonyl (C=O) groups is 1. The van der Waals surface area contributed by atoms with Gasteiger partial charge in [-0.25, -0.2) is 0 Å². The number of aliphatic carboxylic acids is 1. The Labute approximate surface area is 89.2 Å². The number of carboxylic acids is 1. The van der Waals surface area contributed by atoms with Crippen LogP contribution in [0, 0.1) is 5.92 Å². The highest BCUT2D eigenvalue weighted by Crippen LogP contribution is 2.37. The molecule has 0 amide bonds. The first-order chi connectivity index (χ1) is 7.24. The molecule has 0 aromatic heterocycles. The van der Waals surface area contributed by atoms with Crippen LogP contribution >= 0.6 is 0 Å². The predicted molar refractivity (Wildman–Crippen MR) is 53.6 cm³/mol. The topological polar surface area (TPSA) is 49.8 Å². The summed E-state index contributed by atoms with van der Waals surface area (Å²) >= 11 is 0. The quantitative estimate of drug-likeness (QED) is 0.731. The van der Waals surface area contributed by atoms with E-state index in [4.69, 9.17) is 9.84 Å². The molecule has 3 saturated heterocycles. The second kappa shape index (κ2) is 3.46. The third-order valence-corrected chi connectivity index (χ3v) is 4.08. The lowest BCUT2D eigenvalue weighted by molar-refractivity contribution is -0.152. The van der Waals surface area contributed by atoms with Crippen molar-refractivity contribution < 1.29 is 14.6 Å². The van der Waals surface area contributed by atoms with Gasteiger partial charge in [-0.3, -0.25) is 9.69 Å². The highest BCUT2D eigenvalue weighted by Gasteiger charge is 2.44. The standard InChI is InChI=1S/C11H17NO3/c13-11(14)7-5-12(6-7)9-3-1-8-2-4-10(9)15-8/h7-10H,1-6H2,(H,13,14). The lowest BCUT2D eigenvalue weighted by Crippen LogP contribution is -2.58. The molecule has 3 unspecified atom stereocenters. The van der Waals surface area contributed by atoms with Gasteiger partial charge in [-0.05, 0) is 25.7 Å². The monoisotopic (exact) mass is 211 g/mol. The first kappa shape index (κ1) is 9.60. The summed E-state index contributed by atoms with van der Waals surface area (Å²) in [5.74, 6) is -0.781. The van der Waals surface area contributed by atoms with Crippen molar-refractivity contribution in [1.82, 2.24) is 4.90 Å². The summed E-state index contributed by atoms with van der Waals surface area (Å²) < 4.78 is 5.87. The van der Waals surface area contributed by atoms with Crippen LogP contribution in [-0.2, 0) is 9.53 Å². The number of likely N-dealkylation sites (tertiary alicyclic amines) is 1. The highest BCUT2D eigenvalue weighted by molar-refractivity contribution is 5.71. The molecule has 3 atom stereocenters. The summed E-state index contributed by atoms with van der Waals surface area (Å²) in [4.78, 5) is 13.0. The molecule has 3 aliphatic heterocycles. The van der Waals surface area contributed by atoms with Gasteiger partial charge in [0.1, 0.15) is 0 Å². The van der Waals surface area contributed by atoms with Gasteiger partial charge in [0.2, 0.25) is 0 Å². The van der Waals surface area contributed by atoms with Crippen LogP contribution in [-0.4, -0.2) is 47.3 Å². The zero-order valence-electron chi connectivity index (χ0n) is 8.76. The molecule has 15 heavy (non-hydrogen) atoms. The van der Waals surface area contributed by atoms with Crippen molar-refractivity contribution in [2.45, 2.75) is 43.9 Å². The molecule has 3 rings (SSSR count). The van der Waals surface area contributed by atoms with Gasteiger partial charge in [0.25, 0.3) is 0 Å². The Bertz CT molecular complexity index is 275. The number of fused-ring (bicyclic) bond motifs is 2. The van der Waals surface area contributed by atoms with E-state index in [0.29, 0.717) is 18.2 Å². The molecule has 3 aliphatic rings. The van der Waals surface area contributed by atoms with Gasteiger partial charge in [-0.2, -0.15) is 0 Å². The van der Waals surface area contributed by atoms with Crippen LogP contribution in [0.25, 0.3) is 0 Å². The number of ether oxygens (including phenoxy) is 1. The fourth-order valence-electron chi connectivity index (χ4n) is 3.13. The zero-order chi connectivity index (χ0) is 10.4. The van der Waals surface area contributed by atoms with E-state index >= 15 is 0 Å². The van der Waals surface area contributed by atoms with Crippen molar-refractivity contribution in [1.29, 1.82) is 0 Å². The second-order valence-corrected chi connectivity index (χ2v) is 5.01. The van der Waals surface area contributed by atoms with Crippen LogP contribution in [0.2, 0.25) is 0 Å². The van der Waals surface area contributed by atoms with Crippen LogP contribution in [0.3, 0.4) is 0 Å². The summed E-state index contributed by atoms with van der Waals surface area (Å²) in [5, 5.41) is 8.82. The van der Waals surface area contributed by atoms with Gasteiger partial charge < -0.3 is 9.84 Å². The first-order valence-corrected chi connectivity index (χ1v) is 5.86. The van der Waals surface area contributed by atoms with E-state index in [-0.39, 0.29) is 5.92 Å². The molecule has 1 N–H and O–H groups in total. The van der Waals surface area contributed by atoms with Crippen molar-refractivity contribution in [3.05, 3.63) is 0 Å². The van der Waals surface area contributed by atoms with Gasteiger partial charge in [0.15, 0.2) is 0 Å². The van der Waals surface area contributed by atoms with E-state index in [1.54, 1.807) is 0 Å². The van der Waals surface area contributed by atoms with Crippen LogP contribution < -0.4 is 0 Å². The molecule has 0 aromatic carbocycles. The largest absolute Gasteiger partial charge is 0.481 e. The summed E-state index contributed by atoms with van der Waals surface area (Å²) in [5.41, 5.74) is 0. The summed E-state index contributed by atoms with van der Waals surface area (Å²) in [6.45, 7) is 1.45. The summed E-state index contributed by atoms with van der Waals surface area (Å²) in [6.07, 6.45) is 5.62. The molecular formula is C11H17NO3. The van der Waals surface area contributed by atoms with E-state index in [1.807, 2.05) is 0 Å². The molecule has 2 bridgehead atoms. The van der Waals surface area contributed by atoms with Crippen molar-refractivity contribution in [3.8, 4) is 0 Å². The third kappa shape index (κ3) is 1.56. The van der Waals surface area contributed by atoms with Crippen LogP contribution in [0.5, 0.6) is 0 Å². The molecule has 0 radical (unpaired) electrons. The van der Waals surface area contributed by atoms with Gasteiger partial charge >= 0.3 is 5.97 Å². The third-order valence-electron chi connectivity index (χ3n) is 4.08. The Balaban J connectivity index is 1.58. The molecule has 0 saturated carbocycles. The number of rotatable bonds is 2. The summed E-state index contributed by atoms with van der Waals surface area (Å²) in [7, 11) is 0. The van der Waals surface area contributed by atoms with Gasteiger partial charge in [-0.1, -0.05) is 0 Å². The minimum absolute atomic E-state index is 0.135. The number of carboxylic acid groups (broad SMARTS) is 1. The maximum absolute atomic E-state index is 10.7. The molecule has 4 nitrogen and oxygen atoms in total. The normalized spacial score (nSPS) is 41.5. The minimum atomic E-state index is -0.646. The van der Waals surface area contributed by atoms with Crippen LogP contribution in [0.15, 0.2) is 0 Å². The Morgan fingerprint density at radius 1 is 1.20 bits per heavy atom. The van der Waals surface area contributed by atoms with E-state index in [2.05, 4.69) is 4.90 Å². The SMILES string of the molecule is O=C(O)C1CN(C2CCC3CCC2O3)C1. The lowest BCUT2D eigenvalue weighted by Gasteiger charge is -2.46. The first-order valence-electron chi connectivity index (χ1n) is 5.86. The molecule has 3 fully saturated rings. The number of hydrogen-bond donors (Lipinski definition) is 1. The van der Waals surface area contributed by atoms with Crippen LogP contribution in [0.4, 0.5) is 0 Å². The smallest absolute Gasteiger partial charge is 0.309 e. The van der Waals surface area contributed by atoms with E-state index in [9.17, 15) is 4.79 Å². The molecule has 84 valence electrons. The van der Waals surface area contributed by atoms with Gasteiger partial charge in [0, 0.05) is 19.1 Å². The van der Waals surface area contributed by atoms with Crippen molar-refractivity contribution in [3.63, 3.8) is 0 Å². The fraction of sp³-hybridized carbons (Fsp3) is 0.909. The fourth-order valence-corrected chi connectivity index (χ4v) is 3.13. The molecule has 3 heterocycles. The Morgan fingerprint density at radius 2 is 1.93 bits per heavy atom. The Morgan fingerprint density at radius 3 is 2.67 bits per heavy atom. The average Bonchev–Trinajstić information content (AvgIpc) is 2.49. The number of hydrogen-bond acceptors (Lipinski definition) is 3. The Kier molecular flexibility index (Phi) is 2.21. The van der Waals surface area contributed by atoms with E-state index in [1.165, 1.54) is 19.3 Å². The molecule has 4 heteroatoms. The average molecular weight is 211 g/mol. The lowest BCUT2D eigenvalue weighted by atomic mass is 9.92. The van der Waals surface area contributed by atoms with Crippen molar-refractivity contribution >= 4 is 5.97 Å². The van der Waals surface area contributed by atoms with E-state index in [0.717, 1.165) is 19.5 Å².